The fourth-order valence-electron chi connectivity index (χ4n) is 3.45. The number of hydrogen-bond donors (Lipinski definition) is 0. The molecule has 0 bridgehead atoms. The summed E-state index contributed by atoms with van der Waals surface area (Å²) < 4.78 is 5.74. The monoisotopic (exact) mass is 428 g/mol. The molecule has 0 aromatic heterocycles. The molecule has 6 heteroatoms. The van der Waals surface area contributed by atoms with Crippen LogP contribution >= 0.6 is 11.6 Å². The minimum Gasteiger partial charge on any atom is -0.481 e. The molecule has 0 aliphatic carbocycles. The lowest BCUT2D eigenvalue weighted by Crippen LogP contribution is -2.53. The van der Waals surface area contributed by atoms with Crippen molar-refractivity contribution in [3.05, 3.63) is 64.7 Å². The first-order valence-electron chi connectivity index (χ1n) is 10.3. The summed E-state index contributed by atoms with van der Waals surface area (Å²) in [5.41, 5.74) is 1.93. The van der Waals surface area contributed by atoms with Gasteiger partial charge in [0.05, 0.1) is 0 Å². The van der Waals surface area contributed by atoms with Gasteiger partial charge in [-0.05, 0) is 54.3 Å². The van der Waals surface area contributed by atoms with Crippen LogP contribution in [0.25, 0.3) is 0 Å². The molecule has 1 fully saturated rings. The van der Waals surface area contributed by atoms with E-state index in [1.165, 1.54) is 5.56 Å². The van der Waals surface area contributed by atoms with E-state index in [9.17, 15) is 9.59 Å². The smallest absolute Gasteiger partial charge is 0.263 e. The second-order valence-electron chi connectivity index (χ2n) is 8.66. The summed E-state index contributed by atoms with van der Waals surface area (Å²) in [6.07, 6.45) is -0.599. The van der Waals surface area contributed by atoms with Crippen LogP contribution in [0.15, 0.2) is 48.5 Å². The molecule has 1 saturated heterocycles. The van der Waals surface area contributed by atoms with Crippen molar-refractivity contribution >= 4 is 23.4 Å². The van der Waals surface area contributed by atoms with Crippen LogP contribution < -0.4 is 4.74 Å². The molecule has 160 valence electrons. The van der Waals surface area contributed by atoms with E-state index in [2.05, 4.69) is 20.8 Å². The standard InChI is InChI=1S/C24H29ClN2O3/c1-17(30-21-11-9-20(25)10-12-21)22(28)26-13-15-27(16-14-26)23(29)18-5-7-19(8-6-18)24(2,3)4/h5-12,17H,13-16H2,1-4H3. The Kier molecular flexibility index (Phi) is 6.71. The van der Waals surface area contributed by atoms with Crippen LogP contribution in [0.1, 0.15) is 43.6 Å². The second-order valence-corrected chi connectivity index (χ2v) is 9.10. The zero-order valence-electron chi connectivity index (χ0n) is 18.0. The third kappa shape index (κ3) is 5.33. The Morgan fingerprint density at radius 2 is 1.43 bits per heavy atom. The van der Waals surface area contributed by atoms with E-state index in [1.54, 1.807) is 41.0 Å². The highest BCUT2D eigenvalue weighted by atomic mass is 35.5. The lowest BCUT2D eigenvalue weighted by molar-refractivity contribution is -0.139. The summed E-state index contributed by atoms with van der Waals surface area (Å²) in [6, 6.07) is 14.8. The quantitative estimate of drug-likeness (QED) is 0.725. The Labute approximate surface area is 183 Å². The number of carbonyl (C=O) groups excluding carboxylic acids is 2. The Bertz CT molecular complexity index is 880. The van der Waals surface area contributed by atoms with E-state index in [0.717, 1.165) is 0 Å². The summed E-state index contributed by atoms with van der Waals surface area (Å²) in [5.74, 6) is 0.535. The Morgan fingerprint density at radius 3 is 1.97 bits per heavy atom. The summed E-state index contributed by atoms with van der Waals surface area (Å²) >= 11 is 5.88. The van der Waals surface area contributed by atoms with Crippen LogP contribution in [-0.2, 0) is 10.2 Å². The van der Waals surface area contributed by atoms with Gasteiger partial charge in [0.1, 0.15) is 5.75 Å². The number of amides is 2. The maximum atomic E-state index is 12.8. The molecule has 1 atom stereocenters. The van der Waals surface area contributed by atoms with Crippen molar-refractivity contribution in [1.82, 2.24) is 9.80 Å². The van der Waals surface area contributed by atoms with Crippen LogP contribution in [-0.4, -0.2) is 53.9 Å². The van der Waals surface area contributed by atoms with Crippen molar-refractivity contribution in [3.8, 4) is 5.75 Å². The summed E-state index contributed by atoms with van der Waals surface area (Å²) in [7, 11) is 0. The summed E-state index contributed by atoms with van der Waals surface area (Å²) in [4.78, 5) is 29.1. The van der Waals surface area contributed by atoms with Gasteiger partial charge in [-0.25, -0.2) is 0 Å². The SMILES string of the molecule is CC(Oc1ccc(Cl)cc1)C(=O)N1CCN(C(=O)c2ccc(C(C)(C)C)cc2)CC1. The Hall–Kier alpha value is -2.53. The summed E-state index contributed by atoms with van der Waals surface area (Å²) in [5, 5.41) is 0.621. The number of nitrogens with zero attached hydrogens (tertiary/aromatic N) is 2. The zero-order valence-corrected chi connectivity index (χ0v) is 18.8. The van der Waals surface area contributed by atoms with E-state index in [-0.39, 0.29) is 17.2 Å². The van der Waals surface area contributed by atoms with Gasteiger partial charge >= 0.3 is 0 Å². The number of hydrogen-bond acceptors (Lipinski definition) is 3. The van der Waals surface area contributed by atoms with Crippen molar-refractivity contribution in [3.63, 3.8) is 0 Å². The van der Waals surface area contributed by atoms with Crippen LogP contribution in [0.5, 0.6) is 5.75 Å². The topological polar surface area (TPSA) is 49.9 Å². The average Bonchev–Trinajstić information content (AvgIpc) is 2.74. The van der Waals surface area contributed by atoms with Crippen LogP contribution in [0.2, 0.25) is 5.02 Å². The molecule has 0 N–H and O–H groups in total. The molecule has 0 spiro atoms. The van der Waals surface area contributed by atoms with Gasteiger partial charge in [-0.2, -0.15) is 0 Å². The second kappa shape index (κ2) is 9.09. The minimum absolute atomic E-state index is 0.00743. The third-order valence-electron chi connectivity index (χ3n) is 5.35. The molecule has 3 rings (SSSR count). The van der Waals surface area contributed by atoms with Crippen molar-refractivity contribution in [2.75, 3.05) is 26.2 Å². The van der Waals surface area contributed by atoms with Gasteiger partial charge in [0.2, 0.25) is 0 Å². The molecule has 30 heavy (non-hydrogen) atoms. The maximum absolute atomic E-state index is 12.8. The van der Waals surface area contributed by atoms with E-state index >= 15 is 0 Å². The van der Waals surface area contributed by atoms with E-state index in [0.29, 0.717) is 42.5 Å². The van der Waals surface area contributed by atoms with Crippen LogP contribution in [0.4, 0.5) is 0 Å². The molecule has 0 saturated carbocycles. The number of ether oxygens (including phenoxy) is 1. The first-order chi connectivity index (χ1) is 14.1. The number of benzene rings is 2. The Morgan fingerprint density at radius 1 is 0.900 bits per heavy atom. The normalized spacial score (nSPS) is 15.6. The number of carbonyl (C=O) groups is 2. The van der Waals surface area contributed by atoms with Crippen molar-refractivity contribution < 1.29 is 14.3 Å². The van der Waals surface area contributed by atoms with Crippen LogP contribution in [0.3, 0.4) is 0 Å². The molecular formula is C24H29ClN2O3. The fourth-order valence-corrected chi connectivity index (χ4v) is 3.58. The van der Waals surface area contributed by atoms with E-state index in [1.807, 2.05) is 24.3 Å². The number of halogens is 1. The maximum Gasteiger partial charge on any atom is 0.263 e. The third-order valence-corrected chi connectivity index (χ3v) is 5.60. The van der Waals surface area contributed by atoms with Gasteiger partial charge in [-0.3, -0.25) is 9.59 Å². The molecular weight excluding hydrogens is 400 g/mol. The van der Waals surface area contributed by atoms with Gasteiger partial charge in [0.15, 0.2) is 6.10 Å². The van der Waals surface area contributed by atoms with Gasteiger partial charge in [0.25, 0.3) is 11.8 Å². The highest BCUT2D eigenvalue weighted by molar-refractivity contribution is 6.30. The zero-order chi connectivity index (χ0) is 21.9. The molecule has 1 aliphatic heterocycles. The molecule has 2 aromatic carbocycles. The Balaban J connectivity index is 1.54. The van der Waals surface area contributed by atoms with Crippen molar-refractivity contribution in [2.24, 2.45) is 0 Å². The van der Waals surface area contributed by atoms with Gasteiger partial charge < -0.3 is 14.5 Å². The largest absolute Gasteiger partial charge is 0.481 e. The van der Waals surface area contributed by atoms with E-state index < -0.39 is 6.10 Å². The molecule has 1 aliphatic rings. The molecule has 1 heterocycles. The van der Waals surface area contributed by atoms with Gasteiger partial charge in [-0.1, -0.05) is 44.5 Å². The highest BCUT2D eigenvalue weighted by Gasteiger charge is 2.28. The lowest BCUT2D eigenvalue weighted by atomic mass is 9.86. The van der Waals surface area contributed by atoms with Crippen molar-refractivity contribution in [2.45, 2.75) is 39.2 Å². The predicted octanol–water partition coefficient (Wildman–Crippen LogP) is 4.39. The van der Waals surface area contributed by atoms with Crippen LogP contribution in [0, 0.1) is 0 Å². The first-order valence-corrected chi connectivity index (χ1v) is 10.6. The highest BCUT2D eigenvalue weighted by Crippen LogP contribution is 2.23. The van der Waals surface area contributed by atoms with Crippen molar-refractivity contribution in [1.29, 1.82) is 0 Å². The molecule has 1 unspecified atom stereocenters. The molecule has 2 amide bonds. The van der Waals surface area contributed by atoms with Gasteiger partial charge in [0, 0.05) is 36.8 Å². The molecule has 2 aromatic rings. The lowest BCUT2D eigenvalue weighted by Gasteiger charge is -2.36. The summed E-state index contributed by atoms with van der Waals surface area (Å²) in [6.45, 7) is 10.2. The average molecular weight is 429 g/mol. The predicted molar refractivity (Wildman–Crippen MR) is 119 cm³/mol. The van der Waals surface area contributed by atoms with E-state index in [4.69, 9.17) is 16.3 Å². The first kappa shape index (κ1) is 22.2. The molecule has 0 radical (unpaired) electrons. The van der Waals surface area contributed by atoms with Gasteiger partial charge in [-0.15, -0.1) is 0 Å². The fraction of sp³-hybridized carbons (Fsp3) is 0.417. The molecule has 5 nitrogen and oxygen atoms in total. The minimum atomic E-state index is -0.599. The number of rotatable bonds is 4. The number of piperazine rings is 1.